The fraction of sp³-hybridized carbons (Fsp3) is 0.613. The molecule has 0 unspecified atom stereocenters. The molecule has 3 rings (SSSR count). The summed E-state index contributed by atoms with van der Waals surface area (Å²) in [5.74, 6) is -0.196. The third kappa shape index (κ3) is 9.74. The molecule has 2 heterocycles. The highest BCUT2D eigenvalue weighted by Gasteiger charge is 2.25. The summed E-state index contributed by atoms with van der Waals surface area (Å²) in [5, 5.41) is 11.5. The summed E-state index contributed by atoms with van der Waals surface area (Å²) < 4.78 is 6.86. The molecule has 0 atom stereocenters. The second-order valence-electron chi connectivity index (χ2n) is 11.8. The number of fused-ring (bicyclic) bond motifs is 1. The first-order valence-corrected chi connectivity index (χ1v) is 15.7. The van der Waals surface area contributed by atoms with Crippen molar-refractivity contribution in [2.45, 2.75) is 117 Å². The van der Waals surface area contributed by atoms with Crippen LogP contribution in [0.2, 0.25) is 10.0 Å². The number of hydrogen-bond acceptors (Lipinski definition) is 5. The lowest BCUT2D eigenvalue weighted by molar-refractivity contribution is -0.144. The summed E-state index contributed by atoms with van der Waals surface area (Å²) in [6.45, 7) is 10.7. The molecule has 226 valence electrons. The lowest BCUT2D eigenvalue weighted by Gasteiger charge is -2.16. The standard InChI is InChI=1S/C31H45Cl2N5O3/c1-6-7-8-9-10-11-12-13-14-15-18-41-25(40)17-16-24(39)34-22-19-21(2)26(23(32)20-22)29-35-30-27(33)28(31(3,4)5)36-38(30)37-29/h19-20,36H,6-18H2,1-5H3,(H,34,39). The summed E-state index contributed by atoms with van der Waals surface area (Å²) in [6.07, 6.45) is 12.3. The molecule has 0 spiro atoms. The number of benzene rings is 1. The van der Waals surface area contributed by atoms with Gasteiger partial charge in [-0.15, -0.1) is 5.10 Å². The Hall–Kier alpha value is -2.58. The van der Waals surface area contributed by atoms with E-state index in [1.165, 1.54) is 51.4 Å². The Kier molecular flexibility index (Phi) is 12.5. The topological polar surface area (TPSA) is 101 Å². The van der Waals surface area contributed by atoms with Crippen molar-refractivity contribution >= 4 is 46.4 Å². The molecule has 2 N–H and O–H groups in total. The Morgan fingerprint density at radius 2 is 1.61 bits per heavy atom. The van der Waals surface area contributed by atoms with Crippen LogP contribution < -0.4 is 5.32 Å². The number of nitrogens with zero attached hydrogens (tertiary/aromatic N) is 3. The molecule has 10 heteroatoms. The average molecular weight is 607 g/mol. The van der Waals surface area contributed by atoms with Gasteiger partial charge >= 0.3 is 5.97 Å². The Labute approximate surface area is 253 Å². The van der Waals surface area contributed by atoms with Crippen molar-refractivity contribution in [3.8, 4) is 11.4 Å². The summed E-state index contributed by atoms with van der Waals surface area (Å²) in [5.41, 5.74) is 3.19. The molecule has 8 nitrogen and oxygen atoms in total. The molecule has 1 aromatic carbocycles. The number of anilines is 1. The average Bonchev–Trinajstić information content (AvgIpc) is 3.44. The van der Waals surface area contributed by atoms with Crippen molar-refractivity contribution in [3.63, 3.8) is 0 Å². The number of carbonyl (C=O) groups is 2. The lowest BCUT2D eigenvalue weighted by atomic mass is 9.92. The molecule has 0 bridgehead atoms. The summed E-state index contributed by atoms with van der Waals surface area (Å²) >= 11 is 13.2. The fourth-order valence-corrected chi connectivity index (χ4v) is 5.59. The van der Waals surface area contributed by atoms with E-state index >= 15 is 0 Å². The molecule has 2 aromatic heterocycles. The number of aromatic amines is 1. The number of aryl methyl sites for hydroxylation is 1. The minimum Gasteiger partial charge on any atom is -0.466 e. The zero-order chi connectivity index (χ0) is 30.0. The van der Waals surface area contributed by atoms with Crippen molar-refractivity contribution in [2.75, 3.05) is 11.9 Å². The predicted molar refractivity (Wildman–Crippen MR) is 167 cm³/mol. The molecule has 3 aromatic rings. The normalized spacial score (nSPS) is 11.8. The number of unbranched alkanes of at least 4 members (excludes halogenated alkanes) is 9. The highest BCUT2D eigenvalue weighted by molar-refractivity contribution is 6.34. The second-order valence-corrected chi connectivity index (χ2v) is 12.6. The smallest absolute Gasteiger partial charge is 0.306 e. The Morgan fingerprint density at radius 3 is 2.20 bits per heavy atom. The third-order valence-electron chi connectivity index (χ3n) is 7.10. The maximum atomic E-state index is 12.5. The van der Waals surface area contributed by atoms with Crippen molar-refractivity contribution < 1.29 is 14.3 Å². The molecule has 0 aliphatic heterocycles. The second kappa shape index (κ2) is 15.6. The lowest BCUT2D eigenvalue weighted by Crippen LogP contribution is -2.15. The molecule has 0 aliphatic carbocycles. The molecule has 1 amide bonds. The summed E-state index contributed by atoms with van der Waals surface area (Å²) in [4.78, 5) is 29.2. The van der Waals surface area contributed by atoms with Crippen molar-refractivity contribution in [1.82, 2.24) is 19.8 Å². The van der Waals surface area contributed by atoms with Gasteiger partial charge in [0, 0.05) is 23.1 Å². The van der Waals surface area contributed by atoms with Gasteiger partial charge in [0.25, 0.3) is 0 Å². The van der Waals surface area contributed by atoms with Crippen LogP contribution in [-0.2, 0) is 19.7 Å². The van der Waals surface area contributed by atoms with Gasteiger partial charge in [0.05, 0.1) is 23.7 Å². The number of hydrogen-bond donors (Lipinski definition) is 2. The molecule has 0 saturated heterocycles. The van der Waals surface area contributed by atoms with Gasteiger partial charge in [0.15, 0.2) is 11.5 Å². The van der Waals surface area contributed by atoms with Gasteiger partial charge in [-0.3, -0.25) is 14.7 Å². The number of H-pyrrole nitrogens is 1. The number of rotatable bonds is 16. The number of esters is 1. The molecular weight excluding hydrogens is 561 g/mol. The van der Waals surface area contributed by atoms with E-state index in [1.54, 1.807) is 16.8 Å². The molecular formula is C31H45Cl2N5O3. The molecule has 0 saturated carbocycles. The van der Waals surface area contributed by atoms with E-state index in [4.69, 9.17) is 27.9 Å². The quantitative estimate of drug-likeness (QED) is 0.125. The first-order valence-electron chi connectivity index (χ1n) is 14.9. The highest BCUT2D eigenvalue weighted by Crippen LogP contribution is 2.35. The van der Waals surface area contributed by atoms with Gasteiger partial charge in [0.2, 0.25) is 5.91 Å². The van der Waals surface area contributed by atoms with Crippen LogP contribution in [-0.4, -0.2) is 38.3 Å². The van der Waals surface area contributed by atoms with Gasteiger partial charge in [0.1, 0.15) is 5.02 Å². The van der Waals surface area contributed by atoms with E-state index in [9.17, 15) is 9.59 Å². The molecule has 41 heavy (non-hydrogen) atoms. The van der Waals surface area contributed by atoms with Gasteiger partial charge < -0.3 is 10.1 Å². The first kappa shape index (κ1) is 32.9. The minimum absolute atomic E-state index is 0.0380. The van der Waals surface area contributed by atoms with Gasteiger partial charge in [-0.1, -0.05) is 109 Å². The largest absolute Gasteiger partial charge is 0.466 e. The van der Waals surface area contributed by atoms with E-state index in [1.807, 2.05) is 6.92 Å². The van der Waals surface area contributed by atoms with Crippen molar-refractivity contribution in [2.24, 2.45) is 0 Å². The minimum atomic E-state index is -0.351. The van der Waals surface area contributed by atoms with Gasteiger partial charge in [-0.05, 0) is 31.0 Å². The van der Waals surface area contributed by atoms with Crippen molar-refractivity contribution in [1.29, 1.82) is 0 Å². The van der Waals surface area contributed by atoms with E-state index in [-0.39, 0.29) is 30.1 Å². The van der Waals surface area contributed by atoms with Crippen molar-refractivity contribution in [3.05, 3.63) is 33.4 Å². The number of aromatic nitrogens is 4. The number of carbonyl (C=O) groups excluding carboxylic acids is 2. The van der Waals surface area contributed by atoms with E-state index in [0.717, 1.165) is 24.1 Å². The number of ether oxygens (including phenoxy) is 1. The van der Waals surface area contributed by atoms with Gasteiger partial charge in [-0.2, -0.15) is 4.63 Å². The molecule has 0 fully saturated rings. The number of nitrogens with one attached hydrogen (secondary N) is 2. The zero-order valence-electron chi connectivity index (χ0n) is 25.2. The van der Waals surface area contributed by atoms with Crippen LogP contribution in [0.4, 0.5) is 5.69 Å². The maximum Gasteiger partial charge on any atom is 0.306 e. The summed E-state index contributed by atoms with van der Waals surface area (Å²) in [6, 6.07) is 3.46. The van der Waals surface area contributed by atoms with Crippen LogP contribution in [0.5, 0.6) is 0 Å². The van der Waals surface area contributed by atoms with E-state index in [0.29, 0.717) is 39.4 Å². The SMILES string of the molecule is CCCCCCCCCCCCOC(=O)CCC(=O)Nc1cc(C)c(-c2nc3c(Cl)c(C(C)(C)C)[nH]n3n2)c(Cl)c1. The van der Waals surface area contributed by atoms with E-state index < -0.39 is 0 Å². The maximum absolute atomic E-state index is 12.5. The fourth-order valence-electron chi connectivity index (χ4n) is 4.79. The first-order chi connectivity index (χ1) is 19.5. The number of halogens is 2. The van der Waals surface area contributed by atoms with Gasteiger partial charge in [-0.25, -0.2) is 4.98 Å². The highest BCUT2D eigenvalue weighted by atomic mass is 35.5. The predicted octanol–water partition coefficient (Wildman–Crippen LogP) is 8.82. The van der Waals surface area contributed by atoms with Crippen LogP contribution in [0.15, 0.2) is 12.1 Å². The monoisotopic (exact) mass is 605 g/mol. The molecule has 0 aliphatic rings. The molecule has 0 radical (unpaired) electrons. The van der Waals surface area contributed by atoms with Crippen LogP contribution in [0.3, 0.4) is 0 Å². The number of amides is 1. The zero-order valence-corrected chi connectivity index (χ0v) is 26.7. The Bertz CT molecular complexity index is 1290. The summed E-state index contributed by atoms with van der Waals surface area (Å²) in [7, 11) is 0. The van der Waals surface area contributed by atoms with Crippen LogP contribution >= 0.6 is 23.2 Å². The van der Waals surface area contributed by atoms with Crippen LogP contribution in [0, 0.1) is 6.92 Å². The Morgan fingerprint density at radius 1 is 0.976 bits per heavy atom. The van der Waals surface area contributed by atoms with Crippen LogP contribution in [0.1, 0.15) is 116 Å². The van der Waals surface area contributed by atoms with Crippen LogP contribution in [0.25, 0.3) is 17.0 Å². The van der Waals surface area contributed by atoms with E-state index in [2.05, 4.69) is 48.2 Å². The third-order valence-corrected chi connectivity index (χ3v) is 7.76. The Balaban J connectivity index is 1.41.